The average molecular weight is 794 g/mol. The van der Waals surface area contributed by atoms with Crippen molar-refractivity contribution < 1.29 is 28.6 Å². The molecule has 0 radical (unpaired) electrons. The third kappa shape index (κ3) is 11.3. The maximum Gasteiger partial charge on any atom is 0.408 e. The Bertz CT molecular complexity index is 1800. The van der Waals surface area contributed by atoms with Crippen LogP contribution in [0.4, 0.5) is 4.79 Å². The van der Waals surface area contributed by atoms with Gasteiger partial charge in [0.15, 0.2) is 6.29 Å². The van der Waals surface area contributed by atoms with Crippen LogP contribution in [0.2, 0.25) is 0 Å². The fraction of sp³-hybridized carbons (Fsp3) is 0.426. The standard InChI is InChI=1S/C47H59N3O6S/c1-45(2,3)56-44(53)49-39(30-31-57-47(34-22-11-8-12-23-34,35-24-13-9-14-25-35)36-26-15-10-16-27-36)42(51)50-41(46(4,5)32-40(54-6)55-7)43(52)48-38-29-19-21-33-20-17-18-28-37(33)38/h8-18,20,22-28,38-41H,19,21,29-32H2,1-7H3,(H,48,52)(H,49,53)(H,50,51)/t38-,39+,41?/m1/s1. The molecular formula is C47H59N3O6S. The Morgan fingerprint density at radius 1 is 0.719 bits per heavy atom. The summed E-state index contributed by atoms with van der Waals surface area (Å²) >= 11 is 1.69. The summed E-state index contributed by atoms with van der Waals surface area (Å²) < 4.78 is 16.2. The summed E-state index contributed by atoms with van der Waals surface area (Å²) in [5.74, 6) is -0.348. The van der Waals surface area contributed by atoms with E-state index in [2.05, 4.69) is 64.5 Å². The summed E-state index contributed by atoms with van der Waals surface area (Å²) in [4.78, 5) is 42.5. The highest BCUT2D eigenvalue weighted by molar-refractivity contribution is 8.00. The van der Waals surface area contributed by atoms with E-state index >= 15 is 0 Å². The van der Waals surface area contributed by atoms with E-state index in [1.165, 1.54) is 5.56 Å². The maximum absolute atomic E-state index is 14.7. The van der Waals surface area contributed by atoms with Crippen molar-refractivity contribution in [3.8, 4) is 0 Å². The molecule has 304 valence electrons. The fourth-order valence-electron chi connectivity index (χ4n) is 7.64. The summed E-state index contributed by atoms with van der Waals surface area (Å²) in [6.07, 6.45) is 1.90. The number of hydrogen-bond acceptors (Lipinski definition) is 7. The zero-order valence-corrected chi connectivity index (χ0v) is 35.2. The van der Waals surface area contributed by atoms with E-state index in [-0.39, 0.29) is 18.4 Å². The van der Waals surface area contributed by atoms with Crippen LogP contribution in [-0.4, -0.2) is 61.9 Å². The number of thioether (sulfide) groups is 1. The molecule has 3 N–H and O–H groups in total. The Hall–Kier alpha value is -4.64. The number of nitrogens with one attached hydrogen (secondary N) is 3. The highest BCUT2D eigenvalue weighted by atomic mass is 32.2. The monoisotopic (exact) mass is 793 g/mol. The molecule has 0 heterocycles. The van der Waals surface area contributed by atoms with E-state index < -0.39 is 46.1 Å². The molecule has 10 heteroatoms. The van der Waals surface area contributed by atoms with Crippen LogP contribution >= 0.6 is 11.8 Å². The molecular weight excluding hydrogens is 735 g/mol. The quantitative estimate of drug-likeness (QED) is 0.0724. The van der Waals surface area contributed by atoms with Gasteiger partial charge in [-0.1, -0.05) is 129 Å². The van der Waals surface area contributed by atoms with Gasteiger partial charge in [-0.05, 0) is 85.4 Å². The number of ether oxygens (including phenoxy) is 3. The van der Waals surface area contributed by atoms with E-state index in [9.17, 15) is 14.4 Å². The van der Waals surface area contributed by atoms with Gasteiger partial charge in [-0.25, -0.2) is 4.79 Å². The van der Waals surface area contributed by atoms with Crippen molar-refractivity contribution in [3.63, 3.8) is 0 Å². The molecule has 1 unspecified atom stereocenters. The number of carbonyl (C=O) groups is 3. The summed E-state index contributed by atoms with van der Waals surface area (Å²) in [6, 6.07) is 36.9. The molecule has 0 saturated heterocycles. The predicted octanol–water partition coefficient (Wildman–Crippen LogP) is 8.71. The molecule has 0 aliphatic heterocycles. The van der Waals surface area contributed by atoms with Crippen molar-refractivity contribution in [2.24, 2.45) is 5.41 Å². The van der Waals surface area contributed by atoms with Crippen LogP contribution in [0.1, 0.15) is 94.2 Å². The fourth-order valence-corrected chi connectivity index (χ4v) is 9.21. The third-order valence-electron chi connectivity index (χ3n) is 10.5. The lowest BCUT2D eigenvalue weighted by Gasteiger charge is -2.38. The Labute approximate surface area is 343 Å². The van der Waals surface area contributed by atoms with Gasteiger partial charge in [0.1, 0.15) is 17.7 Å². The lowest BCUT2D eigenvalue weighted by Crippen LogP contribution is -2.59. The molecule has 1 aliphatic carbocycles. The van der Waals surface area contributed by atoms with Gasteiger partial charge in [0.2, 0.25) is 11.8 Å². The largest absolute Gasteiger partial charge is 0.444 e. The van der Waals surface area contributed by atoms with Crippen LogP contribution in [0.3, 0.4) is 0 Å². The number of aryl methyl sites for hydroxylation is 1. The Kier molecular flexibility index (Phi) is 15.0. The van der Waals surface area contributed by atoms with Crippen molar-refractivity contribution in [2.45, 2.75) is 101 Å². The number of benzene rings is 4. The molecule has 3 atom stereocenters. The van der Waals surface area contributed by atoms with Gasteiger partial charge >= 0.3 is 6.09 Å². The minimum Gasteiger partial charge on any atom is -0.444 e. The molecule has 0 bridgehead atoms. The number of rotatable bonds is 17. The van der Waals surface area contributed by atoms with E-state index in [1.54, 1.807) is 46.8 Å². The third-order valence-corrected chi connectivity index (χ3v) is 12.1. The molecule has 0 fully saturated rings. The smallest absolute Gasteiger partial charge is 0.408 e. The van der Waals surface area contributed by atoms with Crippen LogP contribution in [0.25, 0.3) is 0 Å². The topological polar surface area (TPSA) is 115 Å². The summed E-state index contributed by atoms with van der Waals surface area (Å²) in [5, 5.41) is 9.23. The van der Waals surface area contributed by atoms with Gasteiger partial charge in [0, 0.05) is 20.6 Å². The van der Waals surface area contributed by atoms with Crippen molar-refractivity contribution in [1.29, 1.82) is 0 Å². The Morgan fingerprint density at radius 3 is 1.77 bits per heavy atom. The summed E-state index contributed by atoms with van der Waals surface area (Å²) in [7, 11) is 3.10. The molecule has 0 saturated carbocycles. The summed E-state index contributed by atoms with van der Waals surface area (Å²) in [6.45, 7) is 9.16. The molecule has 57 heavy (non-hydrogen) atoms. The van der Waals surface area contributed by atoms with Crippen molar-refractivity contribution >= 4 is 29.7 Å². The molecule has 1 aliphatic rings. The Balaban J connectivity index is 1.47. The van der Waals surface area contributed by atoms with Gasteiger partial charge in [-0.15, -0.1) is 11.8 Å². The predicted molar refractivity (Wildman–Crippen MR) is 228 cm³/mol. The molecule has 9 nitrogen and oxygen atoms in total. The van der Waals surface area contributed by atoms with Crippen molar-refractivity contribution in [2.75, 3.05) is 20.0 Å². The van der Waals surface area contributed by atoms with Gasteiger partial charge in [-0.2, -0.15) is 0 Å². The number of alkyl carbamates (subject to hydrolysis) is 1. The van der Waals surface area contributed by atoms with Crippen molar-refractivity contribution in [3.05, 3.63) is 143 Å². The second-order valence-corrected chi connectivity index (χ2v) is 17.6. The van der Waals surface area contributed by atoms with Crippen LogP contribution in [0, 0.1) is 5.41 Å². The first kappa shape index (κ1) is 43.5. The van der Waals surface area contributed by atoms with Gasteiger partial charge in [0.25, 0.3) is 0 Å². The second-order valence-electron chi connectivity index (χ2n) is 16.3. The van der Waals surface area contributed by atoms with Crippen LogP contribution in [0.5, 0.6) is 0 Å². The molecule has 0 aromatic heterocycles. The highest BCUT2D eigenvalue weighted by Crippen LogP contribution is 2.48. The van der Waals surface area contributed by atoms with E-state index in [0.29, 0.717) is 12.2 Å². The van der Waals surface area contributed by atoms with Crippen LogP contribution < -0.4 is 16.0 Å². The molecule has 5 rings (SSSR count). The number of carbonyl (C=O) groups excluding carboxylic acids is 3. The minimum absolute atomic E-state index is 0.201. The van der Waals surface area contributed by atoms with E-state index in [0.717, 1.165) is 41.5 Å². The van der Waals surface area contributed by atoms with E-state index in [1.807, 2.05) is 80.6 Å². The normalized spacial score (nSPS) is 15.5. The lowest BCUT2D eigenvalue weighted by molar-refractivity contribution is -0.142. The maximum atomic E-state index is 14.7. The van der Waals surface area contributed by atoms with E-state index in [4.69, 9.17) is 14.2 Å². The molecule has 4 aromatic rings. The number of methoxy groups -OCH3 is 2. The second kappa shape index (κ2) is 19.7. The molecule has 3 amide bonds. The average Bonchev–Trinajstić information content (AvgIpc) is 3.20. The molecule has 0 spiro atoms. The zero-order valence-electron chi connectivity index (χ0n) is 34.4. The first-order chi connectivity index (χ1) is 27.3. The van der Waals surface area contributed by atoms with Gasteiger partial charge < -0.3 is 30.2 Å². The van der Waals surface area contributed by atoms with Gasteiger partial charge in [0.05, 0.1) is 10.8 Å². The number of amides is 3. The number of hydrogen-bond donors (Lipinski definition) is 3. The lowest BCUT2D eigenvalue weighted by atomic mass is 9.79. The zero-order chi connectivity index (χ0) is 41.1. The first-order valence-corrected chi connectivity index (χ1v) is 20.8. The SMILES string of the molecule is COC(CC(C)(C)C(NC(=O)[C@H](CCSC(c1ccccc1)(c1ccccc1)c1ccccc1)NC(=O)OC(C)(C)C)C(=O)N[C@@H]1CCCc2ccccc21)OC. The summed E-state index contributed by atoms with van der Waals surface area (Å²) in [5.41, 5.74) is 3.93. The first-order valence-electron chi connectivity index (χ1n) is 19.8. The Morgan fingerprint density at radius 2 is 1.25 bits per heavy atom. The van der Waals surface area contributed by atoms with Crippen LogP contribution in [-0.2, 0) is 35.0 Å². The molecule has 4 aromatic carbocycles. The van der Waals surface area contributed by atoms with Crippen LogP contribution in [0.15, 0.2) is 115 Å². The number of fused-ring (bicyclic) bond motifs is 1. The van der Waals surface area contributed by atoms with Crippen molar-refractivity contribution in [1.82, 2.24) is 16.0 Å². The highest BCUT2D eigenvalue weighted by Gasteiger charge is 2.42. The van der Waals surface area contributed by atoms with Gasteiger partial charge in [-0.3, -0.25) is 9.59 Å². The minimum atomic E-state index is -1.03.